The third-order valence-electron chi connectivity index (χ3n) is 1.32. The lowest BCUT2D eigenvalue weighted by atomic mass is 10.2. The number of rotatable bonds is 7. The summed E-state index contributed by atoms with van der Waals surface area (Å²) < 4.78 is 0. The van der Waals surface area contributed by atoms with Gasteiger partial charge in [0.25, 0.3) is 0 Å². The standard InChI is InChI=1S/C7H10N2O5/c10-2-1-8-7(14)5(9-4-11)3-6(12)13/h2,4-5H,1,3H2,(H,8,14)(H,9,11)(H,12,13). The van der Waals surface area contributed by atoms with E-state index in [1.807, 2.05) is 5.32 Å². The van der Waals surface area contributed by atoms with E-state index < -0.39 is 24.3 Å². The van der Waals surface area contributed by atoms with E-state index in [1.54, 1.807) is 0 Å². The highest BCUT2D eigenvalue weighted by Gasteiger charge is 2.19. The smallest absolute Gasteiger partial charge is 0.305 e. The first-order valence-electron chi connectivity index (χ1n) is 3.74. The molecule has 0 radical (unpaired) electrons. The van der Waals surface area contributed by atoms with Gasteiger partial charge in [0.05, 0.1) is 13.0 Å². The lowest BCUT2D eigenvalue weighted by Gasteiger charge is -2.12. The number of nitrogens with one attached hydrogen (secondary N) is 2. The maximum Gasteiger partial charge on any atom is 0.305 e. The average Bonchev–Trinajstić information content (AvgIpc) is 2.13. The molecule has 1 atom stereocenters. The molecule has 0 saturated carbocycles. The van der Waals surface area contributed by atoms with Gasteiger partial charge in [-0.2, -0.15) is 0 Å². The Hall–Kier alpha value is -1.92. The zero-order valence-corrected chi connectivity index (χ0v) is 7.23. The highest BCUT2D eigenvalue weighted by atomic mass is 16.4. The normalized spacial score (nSPS) is 11.1. The van der Waals surface area contributed by atoms with E-state index in [0.717, 1.165) is 0 Å². The van der Waals surface area contributed by atoms with Gasteiger partial charge in [-0.15, -0.1) is 0 Å². The fraction of sp³-hybridized carbons (Fsp3) is 0.429. The van der Waals surface area contributed by atoms with Gasteiger partial charge in [-0.1, -0.05) is 0 Å². The minimum Gasteiger partial charge on any atom is -0.481 e. The fourth-order valence-corrected chi connectivity index (χ4v) is 0.750. The van der Waals surface area contributed by atoms with Gasteiger partial charge in [-0.05, 0) is 0 Å². The lowest BCUT2D eigenvalue weighted by molar-refractivity contribution is -0.140. The Kier molecular flexibility index (Phi) is 5.68. The lowest BCUT2D eigenvalue weighted by Crippen LogP contribution is -2.45. The maximum absolute atomic E-state index is 11.1. The van der Waals surface area contributed by atoms with Crippen molar-refractivity contribution in [2.24, 2.45) is 0 Å². The second-order valence-corrected chi connectivity index (χ2v) is 2.35. The van der Waals surface area contributed by atoms with E-state index in [9.17, 15) is 19.2 Å². The number of carboxylic acid groups (broad SMARTS) is 1. The van der Waals surface area contributed by atoms with Gasteiger partial charge in [-0.25, -0.2) is 0 Å². The van der Waals surface area contributed by atoms with Crippen molar-refractivity contribution in [3.8, 4) is 0 Å². The Morgan fingerprint density at radius 1 is 1.36 bits per heavy atom. The Balaban J connectivity index is 4.16. The molecule has 0 aromatic heterocycles. The summed E-state index contributed by atoms with van der Waals surface area (Å²) in [6, 6.07) is -1.15. The molecule has 78 valence electrons. The number of carbonyl (C=O) groups is 4. The highest BCUT2D eigenvalue weighted by Crippen LogP contribution is 1.91. The molecule has 2 amide bonds. The summed E-state index contributed by atoms with van der Waals surface area (Å²) in [4.78, 5) is 41.2. The van der Waals surface area contributed by atoms with Crippen molar-refractivity contribution in [1.29, 1.82) is 0 Å². The van der Waals surface area contributed by atoms with Crippen molar-refractivity contribution >= 4 is 24.6 Å². The maximum atomic E-state index is 11.1. The molecule has 0 bridgehead atoms. The topological polar surface area (TPSA) is 113 Å². The summed E-state index contributed by atoms with van der Waals surface area (Å²) in [5.74, 6) is -1.92. The Morgan fingerprint density at radius 3 is 2.43 bits per heavy atom. The summed E-state index contributed by atoms with van der Waals surface area (Å²) in [5.41, 5.74) is 0. The van der Waals surface area contributed by atoms with E-state index >= 15 is 0 Å². The average molecular weight is 202 g/mol. The molecule has 14 heavy (non-hydrogen) atoms. The minimum atomic E-state index is -1.22. The number of aliphatic carboxylic acids is 1. The van der Waals surface area contributed by atoms with Crippen molar-refractivity contribution in [3.05, 3.63) is 0 Å². The van der Waals surface area contributed by atoms with E-state index in [1.165, 1.54) is 0 Å². The zero-order chi connectivity index (χ0) is 11.0. The van der Waals surface area contributed by atoms with Gasteiger partial charge in [-0.3, -0.25) is 14.4 Å². The van der Waals surface area contributed by atoms with Crippen LogP contribution in [0.3, 0.4) is 0 Å². The van der Waals surface area contributed by atoms with Crippen molar-refractivity contribution in [2.45, 2.75) is 12.5 Å². The van der Waals surface area contributed by atoms with E-state index in [-0.39, 0.29) is 13.0 Å². The second kappa shape index (κ2) is 6.58. The number of carboxylic acids is 1. The van der Waals surface area contributed by atoms with Gasteiger partial charge in [0.2, 0.25) is 12.3 Å². The van der Waals surface area contributed by atoms with Crippen LogP contribution in [0.5, 0.6) is 0 Å². The SMILES string of the molecule is O=CCNC(=O)C(CC(=O)O)NC=O. The molecule has 0 aliphatic carbocycles. The van der Waals surface area contributed by atoms with Crippen LogP contribution in [0, 0.1) is 0 Å². The molecule has 0 aromatic carbocycles. The molecule has 7 heteroatoms. The Labute approximate surface area is 79.5 Å². The predicted molar refractivity (Wildman–Crippen MR) is 44.3 cm³/mol. The number of carbonyl (C=O) groups excluding carboxylic acids is 3. The molecule has 0 aliphatic heterocycles. The Morgan fingerprint density at radius 2 is 2.00 bits per heavy atom. The molecule has 0 spiro atoms. The second-order valence-electron chi connectivity index (χ2n) is 2.35. The van der Waals surface area contributed by atoms with Crippen molar-refractivity contribution in [3.63, 3.8) is 0 Å². The molecule has 7 nitrogen and oxygen atoms in total. The van der Waals surface area contributed by atoms with Gasteiger partial charge in [0, 0.05) is 0 Å². The summed E-state index contributed by atoms with van der Waals surface area (Å²) in [6.07, 6.45) is 0.161. The molecule has 3 N–H and O–H groups in total. The number of hydrogen-bond donors (Lipinski definition) is 3. The van der Waals surface area contributed by atoms with Crippen LogP contribution < -0.4 is 10.6 Å². The van der Waals surface area contributed by atoms with Gasteiger partial charge >= 0.3 is 5.97 Å². The zero-order valence-electron chi connectivity index (χ0n) is 7.23. The molecule has 0 aliphatic rings. The van der Waals surface area contributed by atoms with Crippen LogP contribution in [-0.4, -0.2) is 42.3 Å². The van der Waals surface area contributed by atoms with Crippen LogP contribution in [0.2, 0.25) is 0 Å². The summed E-state index contributed by atoms with van der Waals surface area (Å²) in [5, 5.41) is 12.5. The molecule has 1 unspecified atom stereocenters. The van der Waals surface area contributed by atoms with E-state index in [4.69, 9.17) is 5.11 Å². The molecule has 0 rings (SSSR count). The summed E-state index contributed by atoms with van der Waals surface area (Å²) in [7, 11) is 0. The van der Waals surface area contributed by atoms with E-state index in [2.05, 4.69) is 5.32 Å². The van der Waals surface area contributed by atoms with Crippen LogP contribution in [0.25, 0.3) is 0 Å². The van der Waals surface area contributed by atoms with Crippen LogP contribution in [-0.2, 0) is 19.2 Å². The van der Waals surface area contributed by atoms with Gasteiger partial charge < -0.3 is 20.5 Å². The van der Waals surface area contributed by atoms with Crippen LogP contribution in [0.15, 0.2) is 0 Å². The number of hydrogen-bond acceptors (Lipinski definition) is 4. The summed E-state index contributed by atoms with van der Waals surface area (Å²) in [6.45, 7) is -0.213. The van der Waals surface area contributed by atoms with Crippen molar-refractivity contribution in [2.75, 3.05) is 6.54 Å². The largest absolute Gasteiger partial charge is 0.481 e. The molecule has 0 heterocycles. The van der Waals surface area contributed by atoms with Crippen LogP contribution >= 0.6 is 0 Å². The third-order valence-corrected chi connectivity index (χ3v) is 1.32. The van der Waals surface area contributed by atoms with Gasteiger partial charge in [0.1, 0.15) is 12.3 Å². The first-order chi connectivity index (χ1) is 6.61. The first-order valence-corrected chi connectivity index (χ1v) is 3.74. The summed E-state index contributed by atoms with van der Waals surface area (Å²) >= 11 is 0. The molecule has 0 saturated heterocycles. The van der Waals surface area contributed by atoms with E-state index in [0.29, 0.717) is 6.29 Å². The number of amides is 2. The third kappa shape index (κ3) is 4.86. The molecular formula is C7H10N2O5. The number of aldehydes is 1. The van der Waals surface area contributed by atoms with Crippen molar-refractivity contribution < 1.29 is 24.3 Å². The highest BCUT2D eigenvalue weighted by molar-refractivity contribution is 5.88. The molecule has 0 aromatic rings. The monoisotopic (exact) mass is 202 g/mol. The first kappa shape index (κ1) is 12.1. The molecule has 0 fully saturated rings. The minimum absolute atomic E-state index is 0.213. The quantitative estimate of drug-likeness (QED) is 0.409. The fourth-order valence-electron chi connectivity index (χ4n) is 0.750. The van der Waals surface area contributed by atoms with Crippen LogP contribution in [0.1, 0.15) is 6.42 Å². The predicted octanol–water partition coefficient (Wildman–Crippen LogP) is -2.11. The van der Waals surface area contributed by atoms with Gasteiger partial charge in [0.15, 0.2) is 0 Å². The molecular weight excluding hydrogens is 192 g/mol. The van der Waals surface area contributed by atoms with Crippen molar-refractivity contribution in [1.82, 2.24) is 10.6 Å². The van der Waals surface area contributed by atoms with Crippen LogP contribution in [0.4, 0.5) is 0 Å². The Bertz CT molecular complexity index is 240.